The SMILES string of the molecule is CCCC(=O)Nc1cncc(-c2cnc3[nH]nc(-c4nc5c(-c6cc(F)cc(OCCN(C)C)c6)nccc5[nH]4)c3c2)c1. The van der Waals surface area contributed by atoms with Gasteiger partial charge < -0.3 is 19.9 Å². The topological polar surface area (TPSA) is 138 Å². The molecule has 3 N–H and O–H groups in total. The van der Waals surface area contributed by atoms with Gasteiger partial charge in [0.15, 0.2) is 11.5 Å². The van der Waals surface area contributed by atoms with E-state index in [0.717, 1.165) is 28.5 Å². The Morgan fingerprint density at radius 3 is 2.72 bits per heavy atom. The number of aromatic nitrogens is 7. The minimum Gasteiger partial charge on any atom is -0.492 e. The normalized spacial score (nSPS) is 11.5. The molecule has 0 fully saturated rings. The second-order valence-electron chi connectivity index (χ2n) is 10.4. The maximum Gasteiger partial charge on any atom is 0.224 e. The number of H-pyrrole nitrogens is 2. The Balaban J connectivity index is 1.35. The van der Waals surface area contributed by atoms with Gasteiger partial charge in [-0.3, -0.25) is 19.9 Å². The molecule has 0 radical (unpaired) electrons. The average molecular weight is 580 g/mol. The molecule has 0 atom stereocenters. The summed E-state index contributed by atoms with van der Waals surface area (Å²) in [4.78, 5) is 35.6. The zero-order valence-corrected chi connectivity index (χ0v) is 24.0. The van der Waals surface area contributed by atoms with Crippen LogP contribution in [-0.4, -0.2) is 73.2 Å². The van der Waals surface area contributed by atoms with Crippen molar-refractivity contribution in [3.63, 3.8) is 0 Å². The molecule has 0 bridgehead atoms. The molecule has 0 aliphatic heterocycles. The summed E-state index contributed by atoms with van der Waals surface area (Å²) in [6.45, 7) is 3.09. The number of hydrogen-bond donors (Lipinski definition) is 3. The first-order chi connectivity index (χ1) is 20.9. The van der Waals surface area contributed by atoms with Crippen LogP contribution in [0.3, 0.4) is 0 Å². The second-order valence-corrected chi connectivity index (χ2v) is 10.4. The molecule has 43 heavy (non-hydrogen) atoms. The predicted octanol–water partition coefficient (Wildman–Crippen LogP) is 5.44. The third kappa shape index (κ3) is 6.04. The molecule has 1 aromatic carbocycles. The molecular weight excluding hydrogens is 549 g/mol. The van der Waals surface area contributed by atoms with Gasteiger partial charge in [-0.25, -0.2) is 14.4 Å². The van der Waals surface area contributed by atoms with E-state index in [0.29, 0.717) is 64.9 Å². The number of hydrogen-bond acceptors (Lipinski definition) is 8. The van der Waals surface area contributed by atoms with E-state index in [9.17, 15) is 9.18 Å². The molecule has 12 heteroatoms. The van der Waals surface area contributed by atoms with Gasteiger partial charge in [0, 0.05) is 54.3 Å². The van der Waals surface area contributed by atoms with Gasteiger partial charge in [-0.15, -0.1) is 0 Å². The minimum atomic E-state index is -0.424. The van der Waals surface area contributed by atoms with Crippen LogP contribution in [0.2, 0.25) is 0 Å². The quantitative estimate of drug-likeness (QED) is 0.195. The lowest BCUT2D eigenvalue weighted by Gasteiger charge is -2.12. The van der Waals surface area contributed by atoms with Crippen molar-refractivity contribution >= 4 is 33.7 Å². The van der Waals surface area contributed by atoms with E-state index < -0.39 is 5.82 Å². The van der Waals surface area contributed by atoms with Gasteiger partial charge in [0.1, 0.15) is 29.4 Å². The number of fused-ring (bicyclic) bond motifs is 2. The summed E-state index contributed by atoms with van der Waals surface area (Å²) in [6.07, 6.45) is 7.91. The largest absolute Gasteiger partial charge is 0.492 e. The van der Waals surface area contributed by atoms with Crippen molar-refractivity contribution in [2.75, 3.05) is 32.6 Å². The number of pyridine rings is 3. The van der Waals surface area contributed by atoms with Crippen molar-refractivity contribution in [2.45, 2.75) is 19.8 Å². The number of ether oxygens (including phenoxy) is 1. The fourth-order valence-corrected chi connectivity index (χ4v) is 4.75. The molecule has 5 aromatic heterocycles. The Bertz CT molecular complexity index is 1930. The Kier molecular flexibility index (Phi) is 7.75. The zero-order valence-electron chi connectivity index (χ0n) is 24.0. The van der Waals surface area contributed by atoms with E-state index in [-0.39, 0.29) is 5.91 Å². The van der Waals surface area contributed by atoms with Gasteiger partial charge >= 0.3 is 0 Å². The first-order valence-corrected chi connectivity index (χ1v) is 13.9. The number of likely N-dealkylation sites (N-methyl/N-ethyl adjacent to an activating group) is 1. The summed E-state index contributed by atoms with van der Waals surface area (Å²) in [7, 11) is 3.90. The molecular formula is C31H30FN9O2. The molecule has 0 aliphatic carbocycles. The van der Waals surface area contributed by atoms with Crippen molar-refractivity contribution in [1.82, 2.24) is 40.0 Å². The standard InChI is InChI=1S/C31H30FN9O2/c1-4-5-26(42)36-22-11-19(15-33-17-22)20-13-24-28(39-40-30(24)35-16-20)31-37-25-6-7-34-27(29(25)38-31)18-10-21(32)14-23(12-18)43-9-8-41(2)3/h6-7,10-17H,4-5,8-9H2,1-3H3,(H,36,42)(H,37,38)(H,35,39,40). The minimum absolute atomic E-state index is 0.0581. The van der Waals surface area contributed by atoms with Gasteiger partial charge in [-0.1, -0.05) is 6.92 Å². The maximum absolute atomic E-state index is 14.6. The van der Waals surface area contributed by atoms with Crippen LogP contribution < -0.4 is 10.1 Å². The van der Waals surface area contributed by atoms with Crippen molar-refractivity contribution < 1.29 is 13.9 Å². The Labute approximate surface area is 246 Å². The molecule has 1 amide bonds. The number of carbonyl (C=O) groups is 1. The van der Waals surface area contributed by atoms with Crippen LogP contribution in [0.4, 0.5) is 10.1 Å². The predicted molar refractivity (Wildman–Crippen MR) is 163 cm³/mol. The summed E-state index contributed by atoms with van der Waals surface area (Å²) >= 11 is 0. The molecule has 5 heterocycles. The van der Waals surface area contributed by atoms with E-state index >= 15 is 0 Å². The van der Waals surface area contributed by atoms with Crippen LogP contribution in [0.15, 0.2) is 61.2 Å². The molecule has 0 spiro atoms. The highest BCUT2D eigenvalue weighted by molar-refractivity contribution is 5.96. The van der Waals surface area contributed by atoms with E-state index in [1.807, 2.05) is 44.1 Å². The van der Waals surface area contributed by atoms with Crippen molar-refractivity contribution in [3.05, 3.63) is 67.0 Å². The van der Waals surface area contributed by atoms with Crippen molar-refractivity contribution in [1.29, 1.82) is 0 Å². The molecule has 6 aromatic rings. The number of nitrogens with zero attached hydrogens (tertiary/aromatic N) is 6. The van der Waals surface area contributed by atoms with Gasteiger partial charge in [0.25, 0.3) is 0 Å². The number of anilines is 1. The fourth-order valence-electron chi connectivity index (χ4n) is 4.75. The van der Waals surface area contributed by atoms with Gasteiger partial charge in [-0.2, -0.15) is 5.10 Å². The molecule has 0 saturated carbocycles. The second kappa shape index (κ2) is 11.9. The van der Waals surface area contributed by atoms with Crippen molar-refractivity contribution in [2.24, 2.45) is 0 Å². The smallest absolute Gasteiger partial charge is 0.224 e. The average Bonchev–Trinajstić information content (AvgIpc) is 3.60. The zero-order chi connectivity index (χ0) is 29.9. The first kappa shape index (κ1) is 27.9. The monoisotopic (exact) mass is 579 g/mol. The number of nitrogens with one attached hydrogen (secondary N) is 3. The number of imidazole rings is 1. The van der Waals surface area contributed by atoms with Gasteiger partial charge in [0.05, 0.1) is 28.5 Å². The molecule has 6 rings (SSSR count). The summed E-state index contributed by atoms with van der Waals surface area (Å²) in [6, 6.07) is 10.2. The van der Waals surface area contributed by atoms with Crippen molar-refractivity contribution in [3.8, 4) is 39.7 Å². The van der Waals surface area contributed by atoms with Crippen LogP contribution in [0.25, 0.3) is 56.0 Å². The maximum atomic E-state index is 14.6. The molecule has 0 aliphatic rings. The highest BCUT2D eigenvalue weighted by Gasteiger charge is 2.18. The number of halogens is 1. The highest BCUT2D eigenvalue weighted by Crippen LogP contribution is 2.33. The van der Waals surface area contributed by atoms with Crippen LogP contribution >= 0.6 is 0 Å². The number of benzene rings is 1. The molecule has 218 valence electrons. The lowest BCUT2D eigenvalue weighted by atomic mass is 10.1. The van der Waals surface area contributed by atoms with E-state index in [1.165, 1.54) is 12.1 Å². The summed E-state index contributed by atoms with van der Waals surface area (Å²) in [5, 5.41) is 11.1. The van der Waals surface area contributed by atoms with E-state index in [2.05, 4.69) is 35.5 Å². The number of carbonyl (C=O) groups excluding carboxylic acids is 1. The Morgan fingerprint density at radius 1 is 1.02 bits per heavy atom. The molecule has 11 nitrogen and oxygen atoms in total. The van der Waals surface area contributed by atoms with Crippen LogP contribution in [0.5, 0.6) is 5.75 Å². The number of amides is 1. The highest BCUT2D eigenvalue weighted by atomic mass is 19.1. The van der Waals surface area contributed by atoms with Crippen LogP contribution in [0.1, 0.15) is 19.8 Å². The summed E-state index contributed by atoms with van der Waals surface area (Å²) in [5.74, 6) is 0.448. The lowest BCUT2D eigenvalue weighted by Crippen LogP contribution is -2.19. The molecule has 0 saturated heterocycles. The first-order valence-electron chi connectivity index (χ1n) is 13.9. The number of rotatable bonds is 10. The van der Waals surface area contributed by atoms with E-state index in [1.54, 1.807) is 30.9 Å². The fraction of sp³-hybridized carbons (Fsp3) is 0.226. The van der Waals surface area contributed by atoms with Crippen LogP contribution in [0, 0.1) is 5.82 Å². The Hall–Kier alpha value is -5.23. The summed E-state index contributed by atoms with van der Waals surface area (Å²) < 4.78 is 20.4. The van der Waals surface area contributed by atoms with E-state index in [4.69, 9.17) is 9.72 Å². The third-order valence-electron chi connectivity index (χ3n) is 6.83. The number of aromatic amines is 2. The third-order valence-corrected chi connectivity index (χ3v) is 6.83. The van der Waals surface area contributed by atoms with Gasteiger partial charge in [0.2, 0.25) is 5.91 Å². The summed E-state index contributed by atoms with van der Waals surface area (Å²) in [5.41, 5.74) is 5.73. The van der Waals surface area contributed by atoms with Crippen LogP contribution in [-0.2, 0) is 4.79 Å². The Morgan fingerprint density at radius 2 is 1.88 bits per heavy atom. The lowest BCUT2D eigenvalue weighted by molar-refractivity contribution is -0.116. The molecule has 0 unspecified atom stereocenters. The van der Waals surface area contributed by atoms with Gasteiger partial charge in [-0.05, 0) is 50.8 Å².